The lowest BCUT2D eigenvalue weighted by Crippen LogP contribution is -2.09. The smallest absolute Gasteiger partial charge is 0.144 e. The number of furan rings is 2. The molecular weight excluding hydrogens is 559 g/mol. The fraction of sp³-hybridized carbons (Fsp3) is 0. The highest BCUT2D eigenvalue weighted by Crippen LogP contribution is 2.48. The van der Waals surface area contributed by atoms with Crippen LogP contribution in [0.15, 0.2) is 148 Å². The predicted octanol–water partition coefficient (Wildman–Crippen LogP) is 12.5. The first-order chi connectivity index (χ1) is 21.8. The minimum Gasteiger partial charge on any atom is -0.456 e. The van der Waals surface area contributed by atoms with Crippen LogP contribution in [0.2, 0.25) is 0 Å². The molecule has 0 unspecified atom stereocenters. The lowest BCUT2D eigenvalue weighted by Gasteiger charge is -2.26. The van der Waals surface area contributed by atoms with Crippen LogP contribution in [-0.4, -0.2) is 0 Å². The van der Waals surface area contributed by atoms with Crippen LogP contribution in [0.1, 0.15) is 0 Å². The molecule has 0 saturated carbocycles. The molecule has 0 atom stereocenters. The summed E-state index contributed by atoms with van der Waals surface area (Å²) in [6, 6.07) is 49.3. The van der Waals surface area contributed by atoms with Gasteiger partial charge >= 0.3 is 0 Å². The van der Waals surface area contributed by atoms with Gasteiger partial charge < -0.3 is 13.7 Å². The maximum Gasteiger partial charge on any atom is 0.144 e. The van der Waals surface area contributed by atoms with Crippen LogP contribution in [0.3, 0.4) is 0 Å². The second-order valence-electron chi connectivity index (χ2n) is 11.3. The fourth-order valence-electron chi connectivity index (χ4n) is 6.90. The van der Waals surface area contributed by atoms with E-state index < -0.39 is 0 Å². The highest BCUT2D eigenvalue weighted by molar-refractivity contribution is 7.26. The Kier molecular flexibility index (Phi) is 4.87. The van der Waals surface area contributed by atoms with Gasteiger partial charge in [0.25, 0.3) is 0 Å². The summed E-state index contributed by atoms with van der Waals surface area (Å²) in [7, 11) is 0. The number of thiophene rings is 1. The van der Waals surface area contributed by atoms with Crippen LogP contribution in [0.5, 0.6) is 0 Å². The third kappa shape index (κ3) is 3.31. The highest BCUT2D eigenvalue weighted by atomic mass is 32.1. The van der Waals surface area contributed by atoms with E-state index in [4.69, 9.17) is 8.83 Å². The Bertz CT molecular complexity index is 2730. The summed E-state index contributed by atoms with van der Waals surface area (Å²) < 4.78 is 15.4. The number of rotatable bonds is 3. The molecule has 0 bridgehead atoms. The number of para-hydroxylation sites is 2. The largest absolute Gasteiger partial charge is 0.456 e. The van der Waals surface area contributed by atoms with Crippen LogP contribution in [0, 0.1) is 0 Å². The van der Waals surface area contributed by atoms with Crippen LogP contribution < -0.4 is 4.90 Å². The topological polar surface area (TPSA) is 29.5 Å². The van der Waals surface area contributed by atoms with Crippen LogP contribution in [0.4, 0.5) is 17.1 Å². The first-order valence-corrected chi connectivity index (χ1v) is 15.6. The zero-order chi connectivity index (χ0) is 28.8. The molecule has 0 radical (unpaired) electrons. The summed E-state index contributed by atoms with van der Waals surface area (Å²) in [5.74, 6) is 0. The molecule has 4 heteroatoms. The molecule has 0 N–H and O–H groups in total. The van der Waals surface area contributed by atoms with Crippen molar-refractivity contribution in [2.75, 3.05) is 4.90 Å². The molecule has 3 heterocycles. The Labute approximate surface area is 255 Å². The molecular formula is C40H23NO2S. The standard InChI is InChI=1S/C40H23NO2S/c1-2-10-25(11-3-1)41(26-18-19-29-28-13-6-7-16-33(28)42-35(29)23-26)32-15-8-14-31-38-36(44-40(31)32)22-20-30-37-27-12-5-4-9-24(27)17-21-34(37)43-39(30)38/h1-23H. The van der Waals surface area contributed by atoms with E-state index in [0.717, 1.165) is 55.6 Å². The number of benzene rings is 7. The van der Waals surface area contributed by atoms with E-state index in [-0.39, 0.29) is 0 Å². The lowest BCUT2D eigenvalue weighted by atomic mass is 10.0. The highest BCUT2D eigenvalue weighted by Gasteiger charge is 2.22. The van der Waals surface area contributed by atoms with Gasteiger partial charge in [0.15, 0.2) is 0 Å². The van der Waals surface area contributed by atoms with Crippen molar-refractivity contribution in [2.24, 2.45) is 0 Å². The van der Waals surface area contributed by atoms with Gasteiger partial charge in [-0.25, -0.2) is 0 Å². The summed E-state index contributed by atoms with van der Waals surface area (Å²) in [6.07, 6.45) is 0. The average molecular weight is 582 g/mol. The summed E-state index contributed by atoms with van der Waals surface area (Å²) in [5.41, 5.74) is 6.92. The van der Waals surface area contributed by atoms with Crippen molar-refractivity contribution < 1.29 is 8.83 Å². The third-order valence-electron chi connectivity index (χ3n) is 8.84. The van der Waals surface area contributed by atoms with Crippen molar-refractivity contribution in [2.45, 2.75) is 0 Å². The number of anilines is 3. The number of hydrogen-bond acceptors (Lipinski definition) is 4. The molecule has 44 heavy (non-hydrogen) atoms. The second-order valence-corrected chi connectivity index (χ2v) is 12.3. The Morgan fingerprint density at radius 1 is 0.455 bits per heavy atom. The SMILES string of the molecule is c1ccc(N(c2ccc3c(c2)oc2ccccc23)c2cccc3c2sc2ccc4c(oc5ccc6ccccc6c54)c23)cc1. The molecule has 7 aromatic carbocycles. The molecule has 3 nitrogen and oxygen atoms in total. The van der Waals surface area contributed by atoms with Crippen LogP contribution in [-0.2, 0) is 0 Å². The Hall–Kier alpha value is -5.58. The van der Waals surface area contributed by atoms with Crippen molar-refractivity contribution in [3.8, 4) is 0 Å². The third-order valence-corrected chi connectivity index (χ3v) is 10.0. The van der Waals surface area contributed by atoms with E-state index in [1.807, 2.05) is 23.5 Å². The Morgan fingerprint density at radius 2 is 1.23 bits per heavy atom. The van der Waals surface area contributed by atoms with Gasteiger partial charge in [0, 0.05) is 54.5 Å². The van der Waals surface area contributed by atoms with Gasteiger partial charge in [-0.2, -0.15) is 0 Å². The van der Waals surface area contributed by atoms with Gasteiger partial charge in [-0.15, -0.1) is 11.3 Å². The van der Waals surface area contributed by atoms with Crippen LogP contribution in [0.25, 0.3) is 74.8 Å². The number of hydrogen-bond donors (Lipinski definition) is 0. The number of nitrogens with zero attached hydrogens (tertiary/aromatic N) is 1. The van der Waals surface area contributed by atoms with E-state index in [1.54, 1.807) is 0 Å². The van der Waals surface area contributed by atoms with Gasteiger partial charge in [0.2, 0.25) is 0 Å². The molecule has 206 valence electrons. The quantitative estimate of drug-likeness (QED) is 0.208. The molecule has 10 aromatic rings. The molecule has 0 saturated heterocycles. The lowest BCUT2D eigenvalue weighted by molar-refractivity contribution is 0.669. The number of fused-ring (bicyclic) bond motifs is 12. The minimum absolute atomic E-state index is 0.879. The molecule has 0 spiro atoms. The molecule has 0 aliphatic heterocycles. The Morgan fingerprint density at radius 3 is 2.16 bits per heavy atom. The van der Waals surface area contributed by atoms with Crippen molar-refractivity contribution in [3.05, 3.63) is 140 Å². The molecule has 0 fully saturated rings. The van der Waals surface area contributed by atoms with Gasteiger partial charge in [0.1, 0.15) is 22.3 Å². The van der Waals surface area contributed by atoms with Crippen molar-refractivity contribution >= 4 is 103 Å². The van der Waals surface area contributed by atoms with E-state index >= 15 is 0 Å². The molecule has 10 rings (SSSR count). The summed E-state index contributed by atoms with van der Waals surface area (Å²) >= 11 is 1.82. The summed E-state index contributed by atoms with van der Waals surface area (Å²) in [4.78, 5) is 2.34. The van der Waals surface area contributed by atoms with E-state index in [0.29, 0.717) is 0 Å². The summed E-state index contributed by atoms with van der Waals surface area (Å²) in [6.45, 7) is 0. The minimum atomic E-state index is 0.879. The fourth-order valence-corrected chi connectivity index (χ4v) is 8.11. The maximum absolute atomic E-state index is 6.67. The normalized spacial score (nSPS) is 12.1. The zero-order valence-electron chi connectivity index (χ0n) is 23.5. The first kappa shape index (κ1) is 23.9. The molecule has 3 aromatic heterocycles. The van der Waals surface area contributed by atoms with Gasteiger partial charge in [-0.05, 0) is 65.4 Å². The first-order valence-electron chi connectivity index (χ1n) is 14.8. The monoisotopic (exact) mass is 581 g/mol. The molecule has 0 aliphatic rings. The average Bonchev–Trinajstić information content (AvgIpc) is 3.76. The van der Waals surface area contributed by atoms with Gasteiger partial charge in [-0.1, -0.05) is 78.9 Å². The van der Waals surface area contributed by atoms with Gasteiger partial charge in [0.05, 0.1) is 10.4 Å². The Balaban J connectivity index is 1.25. The van der Waals surface area contributed by atoms with Crippen molar-refractivity contribution in [1.82, 2.24) is 0 Å². The second kappa shape index (κ2) is 8.96. The van der Waals surface area contributed by atoms with Crippen LogP contribution >= 0.6 is 11.3 Å². The zero-order valence-corrected chi connectivity index (χ0v) is 24.3. The van der Waals surface area contributed by atoms with Gasteiger partial charge in [-0.3, -0.25) is 0 Å². The van der Waals surface area contributed by atoms with E-state index in [2.05, 4.69) is 132 Å². The van der Waals surface area contributed by atoms with E-state index in [9.17, 15) is 0 Å². The molecule has 0 amide bonds. The maximum atomic E-state index is 6.67. The van der Waals surface area contributed by atoms with E-state index in [1.165, 1.54) is 36.3 Å². The molecule has 0 aliphatic carbocycles. The van der Waals surface area contributed by atoms with Crippen molar-refractivity contribution in [1.29, 1.82) is 0 Å². The summed E-state index contributed by atoms with van der Waals surface area (Å²) in [5, 5.41) is 9.41. The predicted molar refractivity (Wildman–Crippen MR) is 186 cm³/mol. The van der Waals surface area contributed by atoms with Crippen molar-refractivity contribution in [3.63, 3.8) is 0 Å².